The van der Waals surface area contributed by atoms with Crippen LogP contribution in [-0.2, 0) is 9.59 Å². The lowest BCUT2D eigenvalue weighted by molar-refractivity contribution is -0.124. The van der Waals surface area contributed by atoms with Gasteiger partial charge in [0.2, 0.25) is 5.88 Å². The highest BCUT2D eigenvalue weighted by atomic mass is 35.5. The normalized spacial score (nSPS) is 14.4. The number of carbonyl (C=O) groups is 2. The van der Waals surface area contributed by atoms with Crippen molar-refractivity contribution in [3.05, 3.63) is 17.3 Å². The third kappa shape index (κ3) is 1.99. The molecule has 0 fully saturated rings. The number of anilines is 1. The first kappa shape index (κ1) is 10.9. The zero-order valence-electron chi connectivity index (χ0n) is 8.57. The highest BCUT2D eigenvalue weighted by molar-refractivity contribution is 6.29. The predicted molar refractivity (Wildman–Crippen MR) is 57.8 cm³/mol. The minimum atomic E-state index is -0.258. The molecule has 0 unspecified atom stereocenters. The molecule has 0 saturated heterocycles. The summed E-state index contributed by atoms with van der Waals surface area (Å²) in [4.78, 5) is 27.9. The predicted octanol–water partition coefficient (Wildman–Crippen LogP) is 1.05. The van der Waals surface area contributed by atoms with E-state index in [4.69, 9.17) is 16.3 Å². The van der Waals surface area contributed by atoms with Crippen molar-refractivity contribution in [3.63, 3.8) is 0 Å². The van der Waals surface area contributed by atoms with E-state index in [1.165, 1.54) is 11.8 Å². The molecule has 0 atom stereocenters. The molecule has 0 radical (unpaired) electrons. The molecule has 16 heavy (non-hydrogen) atoms. The number of ether oxygens (including phenoxy) is 1. The molecular weight excluding hydrogens is 232 g/mol. The molecule has 2 rings (SSSR count). The van der Waals surface area contributed by atoms with Crippen LogP contribution in [0.25, 0.3) is 0 Å². The summed E-state index contributed by atoms with van der Waals surface area (Å²) in [6, 6.07) is 3.17. The van der Waals surface area contributed by atoms with Crippen LogP contribution in [0.1, 0.15) is 6.92 Å². The zero-order chi connectivity index (χ0) is 11.7. The summed E-state index contributed by atoms with van der Waals surface area (Å²) in [5, 5.41) is 0.288. The van der Waals surface area contributed by atoms with E-state index in [9.17, 15) is 9.59 Å². The molecule has 1 aromatic heterocycles. The van der Waals surface area contributed by atoms with Crippen LogP contribution in [-0.4, -0.2) is 29.8 Å². The summed E-state index contributed by atoms with van der Waals surface area (Å²) in [6.07, 6.45) is 0. The van der Waals surface area contributed by atoms with E-state index in [2.05, 4.69) is 4.98 Å². The van der Waals surface area contributed by atoms with E-state index in [1.807, 2.05) is 0 Å². The van der Waals surface area contributed by atoms with Crippen LogP contribution in [0.3, 0.4) is 0 Å². The monoisotopic (exact) mass is 240 g/mol. The number of halogens is 1. The molecule has 5 nitrogen and oxygen atoms in total. The molecule has 1 amide bonds. The van der Waals surface area contributed by atoms with Crippen LogP contribution in [0, 0.1) is 0 Å². The maximum absolute atomic E-state index is 11.6. The largest absolute Gasteiger partial charge is 0.466 e. The number of fused-ring (bicyclic) bond motifs is 1. The minimum Gasteiger partial charge on any atom is -0.466 e. The van der Waals surface area contributed by atoms with E-state index in [0.717, 1.165) is 0 Å². The van der Waals surface area contributed by atoms with Gasteiger partial charge in [-0.2, -0.15) is 4.98 Å². The zero-order valence-corrected chi connectivity index (χ0v) is 9.32. The molecule has 0 saturated carbocycles. The second-order valence-electron chi connectivity index (χ2n) is 3.43. The summed E-state index contributed by atoms with van der Waals surface area (Å²) in [5.74, 6) is -0.0728. The number of aromatic nitrogens is 1. The number of ketones is 1. The molecule has 0 N–H and O–H groups in total. The van der Waals surface area contributed by atoms with Crippen molar-refractivity contribution in [2.75, 3.05) is 18.1 Å². The molecular formula is C10H9ClN2O3. The van der Waals surface area contributed by atoms with Crippen molar-refractivity contribution < 1.29 is 14.3 Å². The third-order valence-corrected chi connectivity index (χ3v) is 2.32. The lowest BCUT2D eigenvalue weighted by Gasteiger charge is -2.27. The van der Waals surface area contributed by atoms with Gasteiger partial charge < -0.3 is 4.74 Å². The number of pyridine rings is 1. The Kier molecular flexibility index (Phi) is 2.78. The number of hydrogen-bond donors (Lipinski definition) is 0. The quantitative estimate of drug-likeness (QED) is 0.725. The Bertz CT molecular complexity index is 461. The number of rotatable bonds is 2. The average molecular weight is 241 g/mol. The Morgan fingerprint density at radius 2 is 2.38 bits per heavy atom. The molecule has 84 valence electrons. The van der Waals surface area contributed by atoms with Crippen molar-refractivity contribution in [2.45, 2.75) is 6.92 Å². The number of carbonyl (C=O) groups excluding carboxylic acids is 2. The van der Waals surface area contributed by atoms with E-state index in [0.29, 0.717) is 5.69 Å². The van der Waals surface area contributed by atoms with Gasteiger partial charge in [-0.3, -0.25) is 14.5 Å². The number of Topliss-reactive ketones (excluding diaryl/α,β-unsaturated/α-hetero) is 1. The minimum absolute atomic E-state index is 0.0263. The van der Waals surface area contributed by atoms with Gasteiger partial charge in [-0.1, -0.05) is 11.6 Å². The van der Waals surface area contributed by atoms with Crippen molar-refractivity contribution in [2.24, 2.45) is 0 Å². The van der Waals surface area contributed by atoms with Crippen LogP contribution in [0.15, 0.2) is 12.1 Å². The standard InChI is InChI=1S/C10H9ClN2O3/c1-6(14)4-13-7-2-3-8(11)12-10(7)16-5-9(13)15/h2-3H,4-5H2,1H3. The first-order chi connectivity index (χ1) is 7.58. The molecule has 0 aromatic carbocycles. The molecule has 6 heteroatoms. The Morgan fingerprint density at radius 3 is 3.06 bits per heavy atom. The van der Waals surface area contributed by atoms with Gasteiger partial charge in [-0.25, -0.2) is 0 Å². The van der Waals surface area contributed by atoms with Crippen molar-refractivity contribution in [1.82, 2.24) is 4.98 Å². The van der Waals surface area contributed by atoms with Crippen LogP contribution in [0.4, 0.5) is 5.69 Å². The highest BCUT2D eigenvalue weighted by Gasteiger charge is 2.27. The van der Waals surface area contributed by atoms with E-state index < -0.39 is 0 Å². The summed E-state index contributed by atoms with van der Waals surface area (Å²) >= 11 is 5.70. The lowest BCUT2D eigenvalue weighted by Crippen LogP contribution is -2.41. The topological polar surface area (TPSA) is 59.5 Å². The Morgan fingerprint density at radius 1 is 1.62 bits per heavy atom. The summed E-state index contributed by atoms with van der Waals surface area (Å²) in [5.41, 5.74) is 0.482. The second-order valence-corrected chi connectivity index (χ2v) is 3.82. The fourth-order valence-electron chi connectivity index (χ4n) is 1.46. The first-order valence-corrected chi connectivity index (χ1v) is 5.05. The van der Waals surface area contributed by atoms with Gasteiger partial charge in [-0.05, 0) is 19.1 Å². The molecule has 1 aromatic rings. The fraction of sp³-hybridized carbons (Fsp3) is 0.300. The Labute approximate surface area is 97.0 Å². The van der Waals surface area contributed by atoms with Gasteiger partial charge in [0.1, 0.15) is 16.6 Å². The molecule has 0 spiro atoms. The first-order valence-electron chi connectivity index (χ1n) is 4.67. The SMILES string of the molecule is CC(=O)CN1C(=O)COc2nc(Cl)ccc21. The van der Waals surface area contributed by atoms with E-state index in [1.54, 1.807) is 12.1 Å². The second kappa shape index (κ2) is 4.09. The van der Waals surface area contributed by atoms with Gasteiger partial charge in [0.05, 0.1) is 6.54 Å². The lowest BCUT2D eigenvalue weighted by atomic mass is 10.2. The van der Waals surface area contributed by atoms with E-state index >= 15 is 0 Å². The van der Waals surface area contributed by atoms with Gasteiger partial charge >= 0.3 is 0 Å². The average Bonchev–Trinajstić information content (AvgIpc) is 2.22. The maximum Gasteiger partial charge on any atom is 0.265 e. The van der Waals surface area contributed by atoms with Gasteiger partial charge in [0.25, 0.3) is 5.91 Å². The van der Waals surface area contributed by atoms with Crippen LogP contribution in [0.2, 0.25) is 5.15 Å². The van der Waals surface area contributed by atoms with Crippen LogP contribution in [0.5, 0.6) is 5.88 Å². The third-order valence-electron chi connectivity index (χ3n) is 2.11. The molecule has 2 heterocycles. The van der Waals surface area contributed by atoms with Gasteiger partial charge in [0, 0.05) is 0 Å². The highest BCUT2D eigenvalue weighted by Crippen LogP contribution is 2.31. The van der Waals surface area contributed by atoms with Gasteiger partial charge in [-0.15, -0.1) is 0 Å². The van der Waals surface area contributed by atoms with E-state index in [-0.39, 0.29) is 35.9 Å². The smallest absolute Gasteiger partial charge is 0.265 e. The van der Waals surface area contributed by atoms with Crippen LogP contribution < -0.4 is 9.64 Å². The fourth-order valence-corrected chi connectivity index (χ4v) is 1.60. The number of nitrogens with zero attached hydrogens (tertiary/aromatic N) is 2. The van der Waals surface area contributed by atoms with Crippen molar-refractivity contribution in [3.8, 4) is 5.88 Å². The van der Waals surface area contributed by atoms with Gasteiger partial charge in [0.15, 0.2) is 6.61 Å². The summed E-state index contributed by atoms with van der Waals surface area (Å²) < 4.78 is 5.13. The molecule has 0 bridgehead atoms. The maximum atomic E-state index is 11.6. The summed E-state index contributed by atoms with van der Waals surface area (Å²) in [6.45, 7) is 1.33. The van der Waals surface area contributed by atoms with Crippen molar-refractivity contribution >= 4 is 29.0 Å². The summed E-state index contributed by atoms with van der Waals surface area (Å²) in [7, 11) is 0. The molecule has 1 aliphatic rings. The molecule has 1 aliphatic heterocycles. The Hall–Kier alpha value is -1.62. The van der Waals surface area contributed by atoms with Crippen molar-refractivity contribution in [1.29, 1.82) is 0 Å². The molecule has 0 aliphatic carbocycles. The Balaban J connectivity index is 2.40. The number of amides is 1. The number of hydrogen-bond acceptors (Lipinski definition) is 4. The van der Waals surface area contributed by atoms with Crippen LogP contribution >= 0.6 is 11.6 Å².